The van der Waals surface area contributed by atoms with E-state index in [9.17, 15) is 18.0 Å². The number of ether oxygens (including phenoxy) is 2. The van der Waals surface area contributed by atoms with Gasteiger partial charge in [0, 0.05) is 5.69 Å². The number of carbonyl (C=O) groups excluding carboxylic acids is 2. The lowest BCUT2D eigenvalue weighted by atomic mass is 10.2. The van der Waals surface area contributed by atoms with Crippen molar-refractivity contribution in [3.63, 3.8) is 0 Å². The third-order valence-corrected chi connectivity index (χ3v) is 4.93. The summed E-state index contributed by atoms with van der Waals surface area (Å²) >= 11 is 11.7. The Hall–Kier alpha value is -2.33. The molecule has 0 aliphatic heterocycles. The summed E-state index contributed by atoms with van der Waals surface area (Å²) in [7, 11) is -2.66. The van der Waals surface area contributed by atoms with E-state index in [0.29, 0.717) is 16.5 Å². The molecule has 2 rings (SSSR count). The molecule has 3 N–H and O–H groups in total. The fourth-order valence-corrected chi connectivity index (χ4v) is 3.33. The highest BCUT2D eigenvalue weighted by Crippen LogP contribution is 2.27. The van der Waals surface area contributed by atoms with Crippen molar-refractivity contribution in [1.29, 1.82) is 0 Å². The number of primary sulfonamides is 1. The number of rotatable bonds is 6. The summed E-state index contributed by atoms with van der Waals surface area (Å²) in [6.45, 7) is -0.601. The summed E-state index contributed by atoms with van der Waals surface area (Å²) in [5.74, 6) is -1.10. The molecule has 0 heterocycles. The summed E-state index contributed by atoms with van der Waals surface area (Å²) in [6, 6.07) is 8.01. The zero-order valence-corrected chi connectivity index (χ0v) is 16.2. The van der Waals surface area contributed by atoms with E-state index in [-0.39, 0.29) is 10.6 Å². The Morgan fingerprint density at radius 2 is 1.81 bits per heavy atom. The molecule has 0 bridgehead atoms. The standard InChI is InChI=1S/C16H14Cl2N2O6S/c1-25-13-5-3-10(7-12(13)18)20-15(21)8-26-16(22)9-2-4-11(17)14(6-9)27(19,23)24/h2-7H,8H2,1H3,(H,20,21)(H2,19,23,24). The number of sulfonamides is 1. The quantitative estimate of drug-likeness (QED) is 0.675. The van der Waals surface area contributed by atoms with Crippen LogP contribution in [-0.4, -0.2) is 34.0 Å². The van der Waals surface area contributed by atoms with Gasteiger partial charge >= 0.3 is 5.97 Å². The summed E-state index contributed by atoms with van der Waals surface area (Å²) in [6.07, 6.45) is 0. The van der Waals surface area contributed by atoms with Crippen LogP contribution in [0.1, 0.15) is 10.4 Å². The predicted molar refractivity (Wildman–Crippen MR) is 99.7 cm³/mol. The smallest absolute Gasteiger partial charge is 0.338 e. The lowest BCUT2D eigenvalue weighted by Gasteiger charge is -2.09. The molecule has 27 heavy (non-hydrogen) atoms. The van der Waals surface area contributed by atoms with Crippen molar-refractivity contribution in [3.05, 3.63) is 52.0 Å². The maximum atomic E-state index is 12.0. The second-order valence-electron chi connectivity index (χ2n) is 5.16. The second-order valence-corrected chi connectivity index (χ2v) is 7.51. The van der Waals surface area contributed by atoms with Gasteiger partial charge in [-0.3, -0.25) is 4.79 Å². The first-order valence-electron chi connectivity index (χ1n) is 7.24. The van der Waals surface area contributed by atoms with Gasteiger partial charge in [0.15, 0.2) is 6.61 Å². The summed E-state index contributed by atoms with van der Waals surface area (Å²) in [4.78, 5) is 23.5. The molecule has 0 atom stereocenters. The highest BCUT2D eigenvalue weighted by molar-refractivity contribution is 7.89. The van der Waals surface area contributed by atoms with Gasteiger partial charge in [-0.15, -0.1) is 0 Å². The van der Waals surface area contributed by atoms with Crippen molar-refractivity contribution in [2.75, 3.05) is 19.0 Å². The monoisotopic (exact) mass is 432 g/mol. The Morgan fingerprint density at radius 1 is 1.11 bits per heavy atom. The van der Waals surface area contributed by atoms with Crippen LogP contribution in [0.2, 0.25) is 10.0 Å². The SMILES string of the molecule is COc1ccc(NC(=O)COC(=O)c2ccc(Cl)c(S(N)(=O)=O)c2)cc1Cl. The number of carbonyl (C=O) groups is 2. The summed E-state index contributed by atoms with van der Waals surface area (Å²) in [5, 5.41) is 7.67. The molecule has 1 amide bonds. The van der Waals surface area contributed by atoms with Gasteiger partial charge in [-0.1, -0.05) is 23.2 Å². The number of hydrogen-bond acceptors (Lipinski definition) is 6. The number of anilines is 1. The zero-order valence-electron chi connectivity index (χ0n) is 13.9. The van der Waals surface area contributed by atoms with Gasteiger partial charge in [0.25, 0.3) is 5.91 Å². The molecular weight excluding hydrogens is 419 g/mol. The molecule has 0 saturated heterocycles. The predicted octanol–water partition coefficient (Wildman–Crippen LogP) is 2.44. The van der Waals surface area contributed by atoms with Crippen LogP contribution in [0.3, 0.4) is 0 Å². The number of esters is 1. The summed E-state index contributed by atoms with van der Waals surface area (Å²) in [5.41, 5.74) is 0.258. The van der Waals surface area contributed by atoms with Crippen LogP contribution in [0.25, 0.3) is 0 Å². The van der Waals surface area contributed by atoms with Gasteiger partial charge in [0.1, 0.15) is 10.6 Å². The van der Waals surface area contributed by atoms with Gasteiger partial charge in [0.2, 0.25) is 10.0 Å². The Labute approximate surface area is 165 Å². The topological polar surface area (TPSA) is 125 Å². The molecule has 2 aromatic carbocycles. The van der Waals surface area contributed by atoms with Crippen LogP contribution >= 0.6 is 23.2 Å². The number of hydrogen-bond donors (Lipinski definition) is 2. The Morgan fingerprint density at radius 3 is 2.41 bits per heavy atom. The molecule has 2 aromatic rings. The molecule has 0 radical (unpaired) electrons. The minimum atomic E-state index is -4.11. The van der Waals surface area contributed by atoms with Gasteiger partial charge in [-0.05, 0) is 36.4 Å². The molecule has 8 nitrogen and oxygen atoms in total. The van der Waals surface area contributed by atoms with E-state index in [0.717, 1.165) is 6.07 Å². The zero-order chi connectivity index (χ0) is 20.2. The van der Waals surface area contributed by atoms with E-state index < -0.39 is 33.4 Å². The largest absolute Gasteiger partial charge is 0.495 e. The molecule has 0 spiro atoms. The van der Waals surface area contributed by atoms with Gasteiger partial charge < -0.3 is 14.8 Å². The average Bonchev–Trinajstić information content (AvgIpc) is 2.59. The highest BCUT2D eigenvalue weighted by Gasteiger charge is 2.18. The van der Waals surface area contributed by atoms with E-state index in [1.807, 2.05) is 0 Å². The third kappa shape index (κ3) is 5.57. The van der Waals surface area contributed by atoms with Gasteiger partial charge in [-0.2, -0.15) is 0 Å². The number of amides is 1. The summed E-state index contributed by atoms with van der Waals surface area (Å²) < 4.78 is 32.7. The molecule has 0 aromatic heterocycles. The fraction of sp³-hybridized carbons (Fsp3) is 0.125. The minimum absolute atomic E-state index is 0.122. The van der Waals surface area contributed by atoms with Crippen molar-refractivity contribution >= 4 is 50.8 Å². The highest BCUT2D eigenvalue weighted by atomic mass is 35.5. The van der Waals surface area contributed by atoms with Crippen molar-refractivity contribution in [2.45, 2.75) is 4.90 Å². The van der Waals surface area contributed by atoms with E-state index in [4.69, 9.17) is 37.8 Å². The van der Waals surface area contributed by atoms with Crippen molar-refractivity contribution in [1.82, 2.24) is 0 Å². The van der Waals surface area contributed by atoms with Crippen LogP contribution < -0.4 is 15.2 Å². The number of halogens is 2. The molecule has 0 aliphatic rings. The van der Waals surface area contributed by atoms with Crippen molar-refractivity contribution in [3.8, 4) is 5.75 Å². The molecule has 11 heteroatoms. The van der Waals surface area contributed by atoms with E-state index in [2.05, 4.69) is 5.32 Å². The minimum Gasteiger partial charge on any atom is -0.495 e. The Kier molecular flexibility index (Phi) is 6.66. The lowest BCUT2D eigenvalue weighted by molar-refractivity contribution is -0.119. The first-order chi connectivity index (χ1) is 12.6. The van der Waals surface area contributed by atoms with E-state index in [1.165, 1.54) is 25.3 Å². The second kappa shape index (κ2) is 8.57. The fourth-order valence-electron chi connectivity index (χ4n) is 2.00. The number of methoxy groups -OCH3 is 1. The van der Waals surface area contributed by atoms with Crippen LogP contribution in [0.5, 0.6) is 5.75 Å². The van der Waals surface area contributed by atoms with Crippen LogP contribution in [0.4, 0.5) is 5.69 Å². The van der Waals surface area contributed by atoms with Crippen LogP contribution in [-0.2, 0) is 19.6 Å². The average molecular weight is 433 g/mol. The molecular formula is C16H14Cl2N2O6S. The normalized spacial score (nSPS) is 11.0. The number of nitrogens with one attached hydrogen (secondary N) is 1. The lowest BCUT2D eigenvalue weighted by Crippen LogP contribution is -2.21. The molecule has 0 saturated carbocycles. The first-order valence-corrected chi connectivity index (χ1v) is 9.55. The van der Waals surface area contributed by atoms with Gasteiger partial charge in [0.05, 0.1) is 22.7 Å². The van der Waals surface area contributed by atoms with E-state index >= 15 is 0 Å². The number of benzene rings is 2. The maximum Gasteiger partial charge on any atom is 0.338 e. The molecule has 0 fully saturated rings. The Balaban J connectivity index is 2.01. The third-order valence-electron chi connectivity index (χ3n) is 3.24. The van der Waals surface area contributed by atoms with Crippen LogP contribution in [0.15, 0.2) is 41.3 Å². The van der Waals surface area contributed by atoms with Crippen molar-refractivity contribution in [2.24, 2.45) is 5.14 Å². The molecule has 144 valence electrons. The molecule has 0 unspecified atom stereocenters. The van der Waals surface area contributed by atoms with Gasteiger partial charge in [-0.25, -0.2) is 18.4 Å². The van der Waals surface area contributed by atoms with Crippen molar-refractivity contribution < 1.29 is 27.5 Å². The maximum absolute atomic E-state index is 12.0. The number of nitrogens with two attached hydrogens (primary N) is 1. The van der Waals surface area contributed by atoms with E-state index in [1.54, 1.807) is 12.1 Å². The first kappa shape index (κ1) is 21.0. The van der Waals surface area contributed by atoms with Crippen LogP contribution in [0, 0.1) is 0 Å². The molecule has 0 aliphatic carbocycles. The Bertz CT molecular complexity index is 994.